The predicted molar refractivity (Wildman–Crippen MR) is 125 cm³/mol. The fraction of sp³-hybridized carbons (Fsp3) is 0. The van der Waals surface area contributed by atoms with Gasteiger partial charge in [-0.3, -0.25) is 14.3 Å². The molecule has 5 rings (SSSR count). The number of benzene rings is 3. The van der Waals surface area contributed by atoms with Crippen molar-refractivity contribution in [2.45, 2.75) is 0 Å². The van der Waals surface area contributed by atoms with Gasteiger partial charge in [-0.2, -0.15) is 0 Å². The van der Waals surface area contributed by atoms with E-state index in [4.69, 9.17) is 0 Å². The van der Waals surface area contributed by atoms with E-state index in [9.17, 15) is 18.4 Å². The fourth-order valence-corrected chi connectivity index (χ4v) is 3.51. The number of imidazole rings is 1. The average Bonchev–Trinajstić information content (AvgIpc) is 3.40. The minimum absolute atomic E-state index is 0.0289. The number of urea groups is 1. The van der Waals surface area contributed by atoms with E-state index in [0.29, 0.717) is 16.9 Å². The number of halogens is 3. The second-order valence-corrected chi connectivity index (χ2v) is 7.60. The molecule has 0 bridgehead atoms. The van der Waals surface area contributed by atoms with Crippen LogP contribution >= 0.6 is 0 Å². The molecular weight excluding hydrogens is 473 g/mol. The highest BCUT2D eigenvalue weighted by Crippen LogP contribution is 2.25. The Hall–Kier alpha value is -5.06. The first-order chi connectivity index (χ1) is 17.4. The molecule has 0 aliphatic carbocycles. The highest BCUT2D eigenvalue weighted by Gasteiger charge is 2.23. The Balaban J connectivity index is 1.44. The molecule has 178 valence electrons. The lowest BCUT2D eigenvalue weighted by Gasteiger charge is -2.12. The van der Waals surface area contributed by atoms with Crippen molar-refractivity contribution in [2.24, 2.45) is 0 Å². The van der Waals surface area contributed by atoms with Crippen molar-refractivity contribution >= 4 is 34.2 Å². The molecule has 3 aromatic carbocycles. The number of hydrogen-bond donors (Lipinski definition) is 2. The summed E-state index contributed by atoms with van der Waals surface area (Å²) in [5, 5.41) is 4.54. The summed E-state index contributed by atoms with van der Waals surface area (Å²) in [5.74, 6) is -3.45. The van der Waals surface area contributed by atoms with E-state index in [-0.39, 0.29) is 11.3 Å². The Morgan fingerprint density at radius 2 is 1.78 bits per heavy atom. The molecule has 11 heteroatoms. The summed E-state index contributed by atoms with van der Waals surface area (Å²) in [6.45, 7) is 0. The third-order valence-electron chi connectivity index (χ3n) is 5.21. The monoisotopic (exact) mass is 488 g/mol. The van der Waals surface area contributed by atoms with Crippen LogP contribution < -0.4 is 10.6 Å². The lowest BCUT2D eigenvalue weighted by Crippen LogP contribution is -2.21. The smallest absolute Gasteiger partial charge is 0.308 e. The number of aromatic nitrogens is 4. The quantitative estimate of drug-likeness (QED) is 0.335. The number of ketones is 1. The molecule has 0 radical (unpaired) electrons. The molecule has 0 spiro atoms. The van der Waals surface area contributed by atoms with E-state index in [0.717, 1.165) is 18.2 Å². The zero-order valence-corrected chi connectivity index (χ0v) is 18.2. The SMILES string of the molecule is O=C(Nc1cccc(F)c1)Nc1ccc(F)c(C(=O)c2ccc3ncc(-n4ccnc4)nc3c2)c1F. The van der Waals surface area contributed by atoms with Crippen LogP contribution in [0.1, 0.15) is 15.9 Å². The molecule has 0 fully saturated rings. The summed E-state index contributed by atoms with van der Waals surface area (Å²) in [4.78, 5) is 38.0. The van der Waals surface area contributed by atoms with Gasteiger partial charge in [0.15, 0.2) is 17.4 Å². The van der Waals surface area contributed by atoms with Crippen LogP contribution in [0.3, 0.4) is 0 Å². The summed E-state index contributed by atoms with van der Waals surface area (Å²) in [6, 6.07) is 10.3. The molecule has 36 heavy (non-hydrogen) atoms. The zero-order chi connectivity index (χ0) is 25.2. The van der Waals surface area contributed by atoms with Crippen molar-refractivity contribution in [3.63, 3.8) is 0 Å². The normalized spacial score (nSPS) is 10.9. The van der Waals surface area contributed by atoms with Gasteiger partial charge in [0.2, 0.25) is 0 Å². The van der Waals surface area contributed by atoms with Crippen molar-refractivity contribution in [1.29, 1.82) is 0 Å². The van der Waals surface area contributed by atoms with E-state index in [1.165, 1.54) is 48.9 Å². The van der Waals surface area contributed by atoms with Gasteiger partial charge in [-0.25, -0.2) is 27.9 Å². The number of carbonyl (C=O) groups excluding carboxylic acids is 2. The molecule has 0 saturated heterocycles. The summed E-state index contributed by atoms with van der Waals surface area (Å²) >= 11 is 0. The average molecular weight is 488 g/mol. The van der Waals surface area contributed by atoms with Gasteiger partial charge in [-0.15, -0.1) is 0 Å². The van der Waals surface area contributed by atoms with Gasteiger partial charge in [-0.05, 0) is 48.5 Å². The van der Waals surface area contributed by atoms with E-state index in [1.54, 1.807) is 17.0 Å². The van der Waals surface area contributed by atoms with E-state index in [1.807, 2.05) is 0 Å². The molecule has 8 nitrogen and oxygen atoms in total. The van der Waals surface area contributed by atoms with Crippen LogP contribution in [0.15, 0.2) is 79.5 Å². The number of hydrogen-bond acceptors (Lipinski definition) is 5. The molecule has 2 aromatic heterocycles. The maximum Gasteiger partial charge on any atom is 0.323 e. The summed E-state index contributed by atoms with van der Waals surface area (Å²) in [6.07, 6.45) is 6.28. The van der Waals surface area contributed by atoms with Crippen LogP contribution in [0.2, 0.25) is 0 Å². The van der Waals surface area contributed by atoms with Crippen molar-refractivity contribution in [2.75, 3.05) is 10.6 Å². The molecule has 0 aliphatic rings. The van der Waals surface area contributed by atoms with Crippen LogP contribution in [0.4, 0.5) is 29.3 Å². The Morgan fingerprint density at radius 3 is 2.56 bits per heavy atom. The fourth-order valence-electron chi connectivity index (χ4n) is 3.51. The largest absolute Gasteiger partial charge is 0.323 e. The van der Waals surface area contributed by atoms with Gasteiger partial charge < -0.3 is 10.6 Å². The second kappa shape index (κ2) is 9.29. The number of nitrogens with one attached hydrogen (secondary N) is 2. The van der Waals surface area contributed by atoms with Crippen LogP contribution in [0, 0.1) is 17.5 Å². The lowest BCUT2D eigenvalue weighted by atomic mass is 10.0. The van der Waals surface area contributed by atoms with Gasteiger partial charge in [0.05, 0.1) is 28.5 Å². The summed E-state index contributed by atoms with van der Waals surface area (Å²) in [7, 11) is 0. The number of carbonyl (C=O) groups is 2. The third-order valence-corrected chi connectivity index (χ3v) is 5.21. The van der Waals surface area contributed by atoms with E-state index < -0.39 is 40.5 Å². The minimum atomic E-state index is -1.26. The Kier molecular flexibility index (Phi) is 5.87. The van der Waals surface area contributed by atoms with Crippen LogP contribution in [0.25, 0.3) is 16.9 Å². The highest BCUT2D eigenvalue weighted by atomic mass is 19.1. The first-order valence-corrected chi connectivity index (χ1v) is 10.5. The summed E-state index contributed by atoms with van der Waals surface area (Å²) < 4.78 is 44.7. The second-order valence-electron chi connectivity index (χ2n) is 7.60. The van der Waals surface area contributed by atoms with Crippen LogP contribution in [0.5, 0.6) is 0 Å². The van der Waals surface area contributed by atoms with Crippen molar-refractivity contribution in [1.82, 2.24) is 19.5 Å². The lowest BCUT2D eigenvalue weighted by molar-refractivity contribution is 0.103. The summed E-state index contributed by atoms with van der Waals surface area (Å²) in [5.41, 5.74) is -0.386. The van der Waals surface area contributed by atoms with E-state index >= 15 is 4.39 Å². The van der Waals surface area contributed by atoms with Crippen LogP contribution in [-0.4, -0.2) is 31.3 Å². The van der Waals surface area contributed by atoms with Gasteiger partial charge in [0.25, 0.3) is 0 Å². The van der Waals surface area contributed by atoms with Gasteiger partial charge in [0.1, 0.15) is 18.0 Å². The molecular formula is C25H15F3N6O2. The number of fused-ring (bicyclic) bond motifs is 1. The Morgan fingerprint density at radius 1 is 0.917 bits per heavy atom. The molecule has 2 amide bonds. The zero-order valence-electron chi connectivity index (χ0n) is 18.2. The standard InChI is InChI=1S/C25H15F3N6O2/c26-15-2-1-3-16(11-15)31-25(36)33-19-7-5-17(27)22(23(19)28)24(35)14-4-6-18-20(10-14)32-21(12-30-18)34-9-8-29-13-34/h1-13H,(H2,31,33,36). The van der Waals surface area contributed by atoms with Gasteiger partial charge in [-0.1, -0.05) is 6.07 Å². The van der Waals surface area contributed by atoms with Crippen molar-refractivity contribution < 1.29 is 22.8 Å². The number of rotatable bonds is 5. The van der Waals surface area contributed by atoms with Crippen LogP contribution in [-0.2, 0) is 0 Å². The number of amides is 2. The highest BCUT2D eigenvalue weighted by molar-refractivity contribution is 6.11. The molecule has 0 aliphatic heterocycles. The van der Waals surface area contributed by atoms with Gasteiger partial charge >= 0.3 is 6.03 Å². The number of nitrogens with zero attached hydrogens (tertiary/aromatic N) is 4. The molecule has 5 aromatic rings. The topological polar surface area (TPSA) is 102 Å². The molecule has 2 N–H and O–H groups in total. The maximum atomic E-state index is 15.2. The number of anilines is 2. The third kappa shape index (κ3) is 4.49. The molecule has 0 saturated carbocycles. The molecule has 2 heterocycles. The minimum Gasteiger partial charge on any atom is -0.308 e. The van der Waals surface area contributed by atoms with Crippen molar-refractivity contribution in [3.8, 4) is 5.82 Å². The first-order valence-electron chi connectivity index (χ1n) is 10.5. The van der Waals surface area contributed by atoms with Gasteiger partial charge in [0, 0.05) is 23.6 Å². The Labute approximate surface area is 201 Å². The molecule has 0 atom stereocenters. The van der Waals surface area contributed by atoms with Crippen molar-refractivity contribution in [3.05, 3.63) is 108 Å². The molecule has 0 unspecified atom stereocenters. The van der Waals surface area contributed by atoms with E-state index in [2.05, 4.69) is 25.6 Å². The Bertz CT molecular complexity index is 1620. The predicted octanol–water partition coefficient (Wildman–Crippen LogP) is 5.11. The first kappa shape index (κ1) is 22.7. The maximum absolute atomic E-state index is 15.2.